The van der Waals surface area contributed by atoms with Crippen molar-refractivity contribution in [1.29, 1.82) is 0 Å². The molecule has 0 bridgehead atoms. The Morgan fingerprint density at radius 3 is 1.14 bits per heavy atom. The lowest BCUT2D eigenvalue weighted by Gasteiger charge is -2.46. The zero-order chi connectivity index (χ0) is 62.3. The molecule has 86 heavy (non-hydrogen) atoms. The van der Waals surface area contributed by atoms with Gasteiger partial charge < -0.3 is 65.1 Å². The summed E-state index contributed by atoms with van der Waals surface area (Å²) < 4.78 is 22.8. The van der Waals surface area contributed by atoms with E-state index in [4.69, 9.17) is 18.9 Å². The van der Waals surface area contributed by atoms with Crippen molar-refractivity contribution in [3.05, 3.63) is 48.6 Å². The maximum atomic E-state index is 13.3. The third kappa shape index (κ3) is 40.6. The van der Waals surface area contributed by atoms with Gasteiger partial charge in [0.2, 0.25) is 5.91 Å². The van der Waals surface area contributed by atoms with Crippen molar-refractivity contribution in [2.24, 2.45) is 0 Å². The summed E-state index contributed by atoms with van der Waals surface area (Å²) in [6.07, 6.45) is 57.5. The van der Waals surface area contributed by atoms with Crippen LogP contribution < -0.4 is 5.32 Å². The molecule has 2 rings (SSSR count). The maximum absolute atomic E-state index is 13.3. The fourth-order valence-electron chi connectivity index (χ4n) is 11.7. The largest absolute Gasteiger partial charge is 0.394 e. The smallest absolute Gasteiger partial charge is 0.220 e. The minimum Gasteiger partial charge on any atom is -0.394 e. The fourth-order valence-corrected chi connectivity index (χ4v) is 11.7. The molecule has 9 N–H and O–H groups in total. The van der Waals surface area contributed by atoms with Gasteiger partial charge in [-0.25, -0.2) is 0 Å². The molecule has 2 fully saturated rings. The Hall–Kier alpha value is -2.05. The number of hydrogen-bond donors (Lipinski definition) is 9. The van der Waals surface area contributed by atoms with E-state index in [9.17, 15) is 45.6 Å². The summed E-state index contributed by atoms with van der Waals surface area (Å²) >= 11 is 0. The van der Waals surface area contributed by atoms with Crippen molar-refractivity contribution < 1.29 is 64.6 Å². The Bertz CT molecular complexity index is 1630. The molecule has 14 heteroatoms. The first-order chi connectivity index (χ1) is 42.1. The minimum absolute atomic E-state index is 0.253. The number of unbranched alkanes of at least 4 members (excludes halogenated alkanes) is 40. The second-order valence-electron chi connectivity index (χ2n) is 25.3. The van der Waals surface area contributed by atoms with Gasteiger partial charge in [-0.15, -0.1) is 0 Å². The normalized spacial score (nSPS) is 23.7. The summed E-state index contributed by atoms with van der Waals surface area (Å²) in [5.41, 5.74) is 0. The molecular weight excluding hydrogens is 1090 g/mol. The van der Waals surface area contributed by atoms with Crippen molar-refractivity contribution in [2.75, 3.05) is 19.8 Å². The highest BCUT2D eigenvalue weighted by Gasteiger charge is 2.51. The molecule has 0 aromatic heterocycles. The third-order valence-corrected chi connectivity index (χ3v) is 17.5. The maximum Gasteiger partial charge on any atom is 0.220 e. The van der Waals surface area contributed by atoms with E-state index in [-0.39, 0.29) is 18.9 Å². The number of aliphatic hydroxyl groups excluding tert-OH is 8. The lowest BCUT2D eigenvalue weighted by Crippen LogP contribution is -2.65. The molecule has 0 radical (unpaired) electrons. The van der Waals surface area contributed by atoms with E-state index in [1.807, 2.05) is 6.08 Å². The van der Waals surface area contributed by atoms with Crippen LogP contribution in [0, 0.1) is 0 Å². The van der Waals surface area contributed by atoms with Gasteiger partial charge in [-0.1, -0.05) is 281 Å². The van der Waals surface area contributed by atoms with Crippen LogP contribution >= 0.6 is 0 Å². The predicted octanol–water partition coefficient (Wildman–Crippen LogP) is 14.7. The molecule has 14 nitrogen and oxygen atoms in total. The van der Waals surface area contributed by atoms with Gasteiger partial charge in [-0.2, -0.15) is 0 Å². The fraction of sp³-hybridized carbons (Fsp3) is 0.875. The molecule has 12 atom stereocenters. The molecule has 2 heterocycles. The molecule has 2 saturated heterocycles. The van der Waals surface area contributed by atoms with E-state index >= 15 is 0 Å². The first-order valence-electron chi connectivity index (χ1n) is 35.9. The van der Waals surface area contributed by atoms with Gasteiger partial charge in [0, 0.05) is 6.42 Å². The Morgan fingerprint density at radius 1 is 0.407 bits per heavy atom. The van der Waals surface area contributed by atoms with Crippen molar-refractivity contribution in [2.45, 2.75) is 383 Å². The molecular formula is C72H133NO13. The quantitative estimate of drug-likeness (QED) is 0.0204. The molecule has 0 spiro atoms. The summed E-state index contributed by atoms with van der Waals surface area (Å²) in [5, 5.41) is 87.4. The highest BCUT2D eigenvalue weighted by Crippen LogP contribution is 2.30. The first-order valence-corrected chi connectivity index (χ1v) is 35.9. The Balaban J connectivity index is 1.69. The van der Waals surface area contributed by atoms with Gasteiger partial charge in [-0.3, -0.25) is 4.79 Å². The van der Waals surface area contributed by atoms with Gasteiger partial charge >= 0.3 is 0 Å². The zero-order valence-corrected chi connectivity index (χ0v) is 54.8. The summed E-state index contributed by atoms with van der Waals surface area (Å²) in [7, 11) is 0. The Labute approximate surface area is 524 Å². The highest BCUT2D eigenvalue weighted by molar-refractivity contribution is 5.76. The second-order valence-corrected chi connectivity index (χ2v) is 25.3. The van der Waals surface area contributed by atoms with Crippen LogP contribution in [0.25, 0.3) is 0 Å². The molecule has 0 aromatic carbocycles. The Kier molecular flexibility index (Phi) is 53.0. The van der Waals surface area contributed by atoms with Crippen molar-refractivity contribution >= 4 is 5.91 Å². The molecule has 1 amide bonds. The van der Waals surface area contributed by atoms with E-state index in [2.05, 4.69) is 55.6 Å². The van der Waals surface area contributed by atoms with E-state index in [1.54, 1.807) is 6.08 Å². The molecule has 504 valence electrons. The number of amides is 1. The average molecular weight is 1220 g/mol. The number of rotatable bonds is 59. The molecule has 0 aromatic rings. The lowest BCUT2D eigenvalue weighted by atomic mass is 9.97. The summed E-state index contributed by atoms with van der Waals surface area (Å²) in [5.74, 6) is -0.253. The number of carbonyl (C=O) groups excluding carboxylic acids is 1. The number of aliphatic hydroxyl groups is 8. The zero-order valence-electron chi connectivity index (χ0n) is 54.8. The van der Waals surface area contributed by atoms with E-state index in [0.29, 0.717) is 12.8 Å². The SMILES string of the molecule is CCCCCCCCCC/C=C\CCCCCCCCCCCC(=O)NC(COC1OC(CO)C(OC2OC(CO)C(O)C(O)C2O)C(O)C1O)C(O)/C=C/CC/C=C/CC/C=C/CCCCCCCCCCCCCCCCCCCCCCC. The van der Waals surface area contributed by atoms with Crippen LogP contribution in [-0.2, 0) is 23.7 Å². The Morgan fingerprint density at radius 2 is 0.744 bits per heavy atom. The standard InChI is InChI=1S/C72H133NO13/c1-3-5-7-9-11-13-15-17-19-21-23-25-26-27-28-29-30-31-32-33-34-36-37-39-41-43-45-47-49-51-53-55-61(76)60(59-83-71-69(82)67(80)70(63(58-75)85-71)86-72-68(81)66(79)65(78)62(57-74)84-72)73-64(77)56-54-52-50-48-46-44-42-40-38-35-24-22-20-18-16-14-12-10-8-6-4-2/h22,24,37,39,45,47,53,55,60-63,65-72,74-76,78-82H,3-21,23,25-36,38,40-44,46,48-52,54,56-59H2,1-2H3,(H,73,77)/b24-22-,39-37+,47-45+,55-53+. The molecule has 0 aliphatic carbocycles. The van der Waals surface area contributed by atoms with Crippen LogP contribution in [0.5, 0.6) is 0 Å². The van der Waals surface area contributed by atoms with Gasteiger partial charge in [0.1, 0.15) is 48.8 Å². The van der Waals surface area contributed by atoms with Crippen LogP contribution in [0.15, 0.2) is 48.6 Å². The van der Waals surface area contributed by atoms with Gasteiger partial charge in [0.05, 0.1) is 32.0 Å². The van der Waals surface area contributed by atoms with Crippen molar-refractivity contribution in [3.63, 3.8) is 0 Å². The number of carbonyl (C=O) groups is 1. The summed E-state index contributed by atoms with van der Waals surface area (Å²) in [6.45, 7) is 2.81. The number of ether oxygens (including phenoxy) is 4. The van der Waals surface area contributed by atoms with Gasteiger partial charge in [0.15, 0.2) is 12.6 Å². The lowest BCUT2D eigenvalue weighted by molar-refractivity contribution is -0.359. The predicted molar refractivity (Wildman–Crippen MR) is 351 cm³/mol. The molecule has 0 saturated carbocycles. The molecule has 12 unspecified atom stereocenters. The first kappa shape index (κ1) is 80.0. The monoisotopic (exact) mass is 1220 g/mol. The van der Waals surface area contributed by atoms with E-state index < -0.39 is 86.8 Å². The van der Waals surface area contributed by atoms with Gasteiger partial charge in [-0.05, 0) is 70.6 Å². The average Bonchev–Trinajstić information content (AvgIpc) is 2.54. The third-order valence-electron chi connectivity index (χ3n) is 17.5. The summed E-state index contributed by atoms with van der Waals surface area (Å²) in [6, 6.07) is -0.941. The van der Waals surface area contributed by atoms with Crippen LogP contribution in [0.2, 0.25) is 0 Å². The highest BCUT2D eigenvalue weighted by atomic mass is 16.7. The van der Waals surface area contributed by atoms with Crippen molar-refractivity contribution in [3.8, 4) is 0 Å². The van der Waals surface area contributed by atoms with Crippen molar-refractivity contribution in [1.82, 2.24) is 5.32 Å². The van der Waals surface area contributed by atoms with E-state index in [0.717, 1.165) is 44.9 Å². The summed E-state index contributed by atoms with van der Waals surface area (Å²) in [4.78, 5) is 13.3. The van der Waals surface area contributed by atoms with Crippen LogP contribution in [0.4, 0.5) is 0 Å². The van der Waals surface area contributed by atoms with Crippen LogP contribution in [0.1, 0.15) is 309 Å². The van der Waals surface area contributed by atoms with Crippen LogP contribution in [0.3, 0.4) is 0 Å². The number of hydrogen-bond acceptors (Lipinski definition) is 13. The van der Waals surface area contributed by atoms with Gasteiger partial charge in [0.25, 0.3) is 0 Å². The topological polar surface area (TPSA) is 228 Å². The second kappa shape index (κ2) is 56.9. The molecule has 2 aliphatic rings. The van der Waals surface area contributed by atoms with E-state index in [1.165, 1.54) is 231 Å². The number of nitrogens with one attached hydrogen (secondary N) is 1. The number of allylic oxidation sites excluding steroid dienone is 7. The van der Waals surface area contributed by atoms with Crippen LogP contribution in [-0.4, -0.2) is 140 Å². The minimum atomic E-state index is -1.79. The molecule has 2 aliphatic heterocycles.